The third-order valence-electron chi connectivity index (χ3n) is 8.34. The average Bonchev–Trinajstić information content (AvgIpc) is 3.41. The lowest BCUT2D eigenvalue weighted by Crippen LogP contribution is -2.09. The number of rotatable bonds is 9. The number of hydrogen-bond acceptors (Lipinski definition) is 1. The molecule has 0 amide bonds. The molecule has 1 aromatic heterocycles. The van der Waals surface area contributed by atoms with Gasteiger partial charge in [0.15, 0.2) is 0 Å². The molecule has 2 nitrogen and oxygen atoms in total. The van der Waals surface area contributed by atoms with Crippen LogP contribution in [0.15, 0.2) is 152 Å². The molecule has 0 N–H and O–H groups in total. The van der Waals surface area contributed by atoms with E-state index in [1.165, 1.54) is 57.0 Å². The normalized spacial score (nSPS) is 11.5. The molecule has 44 heavy (non-hydrogen) atoms. The van der Waals surface area contributed by atoms with E-state index < -0.39 is 0 Å². The first-order valence-electron chi connectivity index (χ1n) is 15.6. The number of para-hydroxylation sites is 2. The van der Waals surface area contributed by atoms with Gasteiger partial charge in [-0.25, -0.2) is 0 Å². The van der Waals surface area contributed by atoms with E-state index in [0.717, 1.165) is 23.5 Å². The van der Waals surface area contributed by atoms with Crippen molar-refractivity contribution in [3.05, 3.63) is 168 Å². The van der Waals surface area contributed by atoms with Crippen LogP contribution < -0.4 is 4.90 Å². The van der Waals surface area contributed by atoms with E-state index in [1.54, 1.807) is 0 Å². The van der Waals surface area contributed by atoms with Crippen molar-refractivity contribution in [1.29, 1.82) is 0 Å². The number of fused-ring (bicyclic) bond motifs is 3. The minimum absolute atomic E-state index is 1.10. The zero-order valence-corrected chi connectivity index (χ0v) is 25.1. The van der Waals surface area contributed by atoms with E-state index in [9.17, 15) is 0 Å². The summed E-state index contributed by atoms with van der Waals surface area (Å²) in [5, 5.41) is 2.57. The van der Waals surface area contributed by atoms with Gasteiger partial charge in [0.1, 0.15) is 0 Å². The molecule has 0 unspecified atom stereocenters. The molecular weight excluding hydrogens is 532 g/mol. The third-order valence-corrected chi connectivity index (χ3v) is 8.34. The number of nitrogens with zero attached hydrogens (tertiary/aromatic N) is 2. The quantitative estimate of drug-likeness (QED) is 0.157. The number of unbranched alkanes of at least 4 members (excludes halogenated alkanes) is 1. The van der Waals surface area contributed by atoms with Gasteiger partial charge >= 0.3 is 0 Å². The first-order chi connectivity index (χ1) is 21.8. The highest BCUT2D eigenvalue weighted by molar-refractivity contribution is 6.11. The van der Waals surface area contributed by atoms with Gasteiger partial charge in [0.05, 0.1) is 11.0 Å². The second-order valence-corrected chi connectivity index (χ2v) is 11.3. The fourth-order valence-corrected chi connectivity index (χ4v) is 6.10. The Morgan fingerprint density at radius 3 is 1.75 bits per heavy atom. The zero-order chi connectivity index (χ0) is 29.7. The fourth-order valence-electron chi connectivity index (χ4n) is 6.10. The maximum atomic E-state index is 2.41. The monoisotopic (exact) mass is 568 g/mol. The van der Waals surface area contributed by atoms with E-state index in [0.29, 0.717) is 0 Å². The molecule has 0 bridgehead atoms. The molecule has 7 aromatic rings. The second-order valence-electron chi connectivity index (χ2n) is 11.3. The average molecular weight is 569 g/mol. The first-order valence-corrected chi connectivity index (χ1v) is 15.6. The molecule has 0 saturated carbocycles. The molecule has 0 fully saturated rings. The Bertz CT molecular complexity index is 2020. The van der Waals surface area contributed by atoms with Crippen LogP contribution in [0.3, 0.4) is 0 Å². The Balaban J connectivity index is 1.35. The molecule has 214 valence electrons. The summed E-state index contributed by atoms with van der Waals surface area (Å²) in [5.74, 6) is 0. The van der Waals surface area contributed by atoms with E-state index in [2.05, 4.69) is 174 Å². The summed E-state index contributed by atoms with van der Waals surface area (Å²) >= 11 is 0. The topological polar surface area (TPSA) is 8.17 Å². The zero-order valence-electron chi connectivity index (χ0n) is 25.1. The molecule has 6 aromatic carbocycles. The van der Waals surface area contributed by atoms with Crippen molar-refractivity contribution < 1.29 is 0 Å². The third kappa shape index (κ3) is 5.55. The Labute approximate surface area is 260 Å². The summed E-state index contributed by atoms with van der Waals surface area (Å²) in [6, 6.07) is 54.6. The summed E-state index contributed by atoms with van der Waals surface area (Å²) in [5.41, 5.74) is 10.8. The van der Waals surface area contributed by atoms with Crippen LogP contribution >= 0.6 is 0 Å². The molecule has 2 heteroatoms. The Hall–Kier alpha value is -5.34. The minimum Gasteiger partial charge on any atom is -0.310 e. The van der Waals surface area contributed by atoms with Crippen LogP contribution in [0, 0.1) is 0 Å². The second kappa shape index (κ2) is 12.5. The van der Waals surface area contributed by atoms with Crippen molar-refractivity contribution in [3.63, 3.8) is 0 Å². The largest absolute Gasteiger partial charge is 0.310 e. The lowest BCUT2D eigenvalue weighted by atomic mass is 10.0. The van der Waals surface area contributed by atoms with Crippen LogP contribution in [-0.2, 0) is 6.42 Å². The van der Waals surface area contributed by atoms with E-state index in [-0.39, 0.29) is 0 Å². The van der Waals surface area contributed by atoms with Crippen LogP contribution in [0.5, 0.6) is 0 Å². The molecule has 0 aliphatic rings. The Morgan fingerprint density at radius 2 is 1.07 bits per heavy atom. The maximum Gasteiger partial charge on any atom is 0.0542 e. The Morgan fingerprint density at radius 1 is 0.523 bits per heavy atom. The number of aryl methyl sites for hydroxylation is 1. The highest BCUT2D eigenvalue weighted by atomic mass is 15.1. The number of benzene rings is 6. The minimum atomic E-state index is 1.10. The van der Waals surface area contributed by atoms with Crippen molar-refractivity contribution in [3.8, 4) is 5.69 Å². The molecule has 0 radical (unpaired) electrons. The fraction of sp³-hybridized carbons (Fsp3) is 0.0952. The van der Waals surface area contributed by atoms with Crippen LogP contribution in [0.2, 0.25) is 0 Å². The lowest BCUT2D eigenvalue weighted by Gasteiger charge is -2.25. The molecule has 0 aliphatic carbocycles. The van der Waals surface area contributed by atoms with Gasteiger partial charge in [-0.2, -0.15) is 0 Å². The van der Waals surface area contributed by atoms with Crippen molar-refractivity contribution in [2.45, 2.75) is 26.2 Å². The van der Waals surface area contributed by atoms with Gasteiger partial charge in [0.2, 0.25) is 0 Å². The van der Waals surface area contributed by atoms with Gasteiger partial charge in [-0.05, 0) is 96.3 Å². The molecule has 7 rings (SSSR count). The van der Waals surface area contributed by atoms with Gasteiger partial charge in [0, 0.05) is 33.5 Å². The standard InChI is InChI=1S/C42H36N2/c1-2-3-13-34-24-28-41-39(30-34)40-31-38(27-29-42(40)44(41)36-18-11-6-12-19-36)43(35-16-9-5-10-17-35)37-25-22-33(23-26-37)21-20-32-14-7-4-8-15-32/h4-12,14-31H,2-3,13H2,1H3/b21-20+. The highest BCUT2D eigenvalue weighted by Gasteiger charge is 2.17. The van der Waals surface area contributed by atoms with Crippen LogP contribution in [0.25, 0.3) is 39.6 Å². The number of anilines is 3. The van der Waals surface area contributed by atoms with E-state index in [1.807, 2.05) is 6.07 Å². The summed E-state index contributed by atoms with van der Waals surface area (Å²) in [4.78, 5) is 2.36. The Kier molecular flexibility index (Phi) is 7.80. The summed E-state index contributed by atoms with van der Waals surface area (Å²) < 4.78 is 2.40. The molecule has 0 spiro atoms. The highest BCUT2D eigenvalue weighted by Crippen LogP contribution is 2.40. The molecule has 0 atom stereocenters. The molecule has 1 heterocycles. The van der Waals surface area contributed by atoms with Gasteiger partial charge in [0.25, 0.3) is 0 Å². The van der Waals surface area contributed by atoms with E-state index >= 15 is 0 Å². The predicted octanol–water partition coefficient (Wildman–Crippen LogP) is 11.8. The number of aromatic nitrogens is 1. The van der Waals surface area contributed by atoms with Crippen molar-refractivity contribution >= 4 is 51.0 Å². The molecule has 0 aliphatic heterocycles. The maximum absolute atomic E-state index is 2.41. The smallest absolute Gasteiger partial charge is 0.0542 e. The predicted molar refractivity (Wildman–Crippen MR) is 189 cm³/mol. The van der Waals surface area contributed by atoms with Crippen molar-refractivity contribution in [2.24, 2.45) is 0 Å². The van der Waals surface area contributed by atoms with Crippen LogP contribution in [-0.4, -0.2) is 4.57 Å². The molecule has 0 saturated heterocycles. The van der Waals surface area contributed by atoms with Gasteiger partial charge in [-0.1, -0.05) is 110 Å². The summed E-state index contributed by atoms with van der Waals surface area (Å²) in [7, 11) is 0. The summed E-state index contributed by atoms with van der Waals surface area (Å²) in [6.07, 6.45) is 7.83. The first kappa shape index (κ1) is 27.5. The number of hydrogen-bond donors (Lipinski definition) is 0. The lowest BCUT2D eigenvalue weighted by molar-refractivity contribution is 0.796. The SMILES string of the molecule is CCCCc1ccc2c(c1)c1cc(N(c3ccccc3)c3ccc(/C=C/c4ccccc4)cc3)ccc1n2-c1ccccc1. The van der Waals surface area contributed by atoms with Gasteiger partial charge in [-0.15, -0.1) is 0 Å². The van der Waals surface area contributed by atoms with Crippen molar-refractivity contribution in [2.75, 3.05) is 4.90 Å². The summed E-state index contributed by atoms with van der Waals surface area (Å²) in [6.45, 7) is 2.26. The van der Waals surface area contributed by atoms with Crippen LogP contribution in [0.1, 0.15) is 36.5 Å². The van der Waals surface area contributed by atoms with Crippen LogP contribution in [0.4, 0.5) is 17.1 Å². The van der Waals surface area contributed by atoms with E-state index in [4.69, 9.17) is 0 Å². The molecular formula is C42H36N2. The van der Waals surface area contributed by atoms with Gasteiger partial charge < -0.3 is 9.47 Å². The van der Waals surface area contributed by atoms with Gasteiger partial charge in [-0.3, -0.25) is 0 Å². The van der Waals surface area contributed by atoms with Crippen molar-refractivity contribution in [1.82, 2.24) is 4.57 Å².